The average molecular weight is 307 g/mol. The van der Waals surface area contributed by atoms with E-state index in [-0.39, 0.29) is 16.8 Å². The maximum absolute atomic E-state index is 12.1. The van der Waals surface area contributed by atoms with Crippen molar-refractivity contribution in [1.82, 2.24) is 0 Å². The Labute approximate surface area is 132 Å². The summed E-state index contributed by atoms with van der Waals surface area (Å²) in [5, 5.41) is 22.7. The molecule has 23 heavy (non-hydrogen) atoms. The molecule has 2 aromatic rings. The molecule has 0 aliphatic rings. The number of carbonyl (C=O) groups is 1. The van der Waals surface area contributed by atoms with Gasteiger partial charge >= 0.3 is 0 Å². The van der Waals surface area contributed by atoms with Crippen molar-refractivity contribution in [2.75, 3.05) is 5.32 Å². The number of amides is 1. The summed E-state index contributed by atoms with van der Waals surface area (Å²) in [4.78, 5) is 22.6. The number of rotatable bonds is 4. The number of nitro benzene ring substituents is 1. The van der Waals surface area contributed by atoms with E-state index in [1.54, 1.807) is 24.3 Å². The first-order valence-corrected chi connectivity index (χ1v) is 6.74. The van der Waals surface area contributed by atoms with Crippen LogP contribution in [0.2, 0.25) is 0 Å². The van der Waals surface area contributed by atoms with E-state index in [4.69, 9.17) is 5.26 Å². The lowest BCUT2D eigenvalue weighted by Gasteiger charge is -2.05. The third-order valence-corrected chi connectivity index (χ3v) is 3.11. The Bertz CT molecular complexity index is 818. The van der Waals surface area contributed by atoms with Crippen LogP contribution in [0.4, 0.5) is 11.4 Å². The van der Waals surface area contributed by atoms with Crippen molar-refractivity contribution in [2.45, 2.75) is 6.92 Å². The van der Waals surface area contributed by atoms with Gasteiger partial charge in [-0.3, -0.25) is 14.9 Å². The molecule has 0 aliphatic carbocycles. The fourth-order valence-corrected chi connectivity index (χ4v) is 1.92. The third kappa shape index (κ3) is 4.02. The van der Waals surface area contributed by atoms with E-state index in [0.29, 0.717) is 5.69 Å². The topological polar surface area (TPSA) is 96.0 Å². The first kappa shape index (κ1) is 15.9. The second kappa shape index (κ2) is 7.00. The van der Waals surface area contributed by atoms with Crippen LogP contribution in [0.15, 0.2) is 54.1 Å². The van der Waals surface area contributed by atoms with Gasteiger partial charge in [-0.2, -0.15) is 5.26 Å². The van der Waals surface area contributed by atoms with E-state index in [1.807, 2.05) is 19.1 Å². The predicted octanol–water partition coefficient (Wildman–Crippen LogP) is 3.45. The second-order valence-electron chi connectivity index (χ2n) is 4.81. The summed E-state index contributed by atoms with van der Waals surface area (Å²) < 4.78 is 0. The van der Waals surface area contributed by atoms with E-state index < -0.39 is 10.8 Å². The Morgan fingerprint density at radius 2 is 1.87 bits per heavy atom. The lowest BCUT2D eigenvalue weighted by Crippen LogP contribution is -2.13. The molecule has 0 aliphatic heterocycles. The van der Waals surface area contributed by atoms with Crippen LogP contribution in [0, 0.1) is 28.4 Å². The van der Waals surface area contributed by atoms with Crippen molar-refractivity contribution < 1.29 is 9.72 Å². The Kier molecular flexibility index (Phi) is 4.85. The highest BCUT2D eigenvalue weighted by Crippen LogP contribution is 2.21. The van der Waals surface area contributed by atoms with E-state index in [2.05, 4.69) is 5.32 Å². The van der Waals surface area contributed by atoms with Crippen molar-refractivity contribution in [3.8, 4) is 6.07 Å². The normalized spacial score (nSPS) is 10.7. The molecule has 1 N–H and O–H groups in total. The minimum absolute atomic E-state index is 0.164. The van der Waals surface area contributed by atoms with Gasteiger partial charge in [-0.25, -0.2) is 0 Å². The number of aryl methyl sites for hydroxylation is 1. The van der Waals surface area contributed by atoms with Gasteiger partial charge in [0.05, 0.1) is 10.5 Å². The molecule has 0 radical (unpaired) electrons. The Hall–Kier alpha value is -3.46. The van der Waals surface area contributed by atoms with Crippen LogP contribution >= 0.6 is 0 Å². The van der Waals surface area contributed by atoms with Crippen LogP contribution in [0.3, 0.4) is 0 Å². The largest absolute Gasteiger partial charge is 0.321 e. The van der Waals surface area contributed by atoms with Gasteiger partial charge in [0.2, 0.25) is 0 Å². The van der Waals surface area contributed by atoms with Crippen LogP contribution in [0.5, 0.6) is 0 Å². The monoisotopic (exact) mass is 307 g/mol. The van der Waals surface area contributed by atoms with Gasteiger partial charge in [0.25, 0.3) is 11.6 Å². The maximum Gasteiger partial charge on any atom is 0.276 e. The van der Waals surface area contributed by atoms with E-state index in [1.165, 1.54) is 24.3 Å². The summed E-state index contributed by atoms with van der Waals surface area (Å²) in [6.45, 7) is 1.92. The molecular weight excluding hydrogens is 294 g/mol. The zero-order chi connectivity index (χ0) is 16.8. The van der Waals surface area contributed by atoms with Crippen LogP contribution in [-0.2, 0) is 4.79 Å². The average Bonchev–Trinajstić information content (AvgIpc) is 2.54. The summed E-state index contributed by atoms with van der Waals surface area (Å²) in [5.41, 5.74) is 1.42. The molecule has 0 saturated carbocycles. The summed E-state index contributed by atoms with van der Waals surface area (Å²) in [6.07, 6.45) is 1.21. The molecule has 1 amide bonds. The Morgan fingerprint density at radius 3 is 2.48 bits per heavy atom. The number of benzene rings is 2. The summed E-state index contributed by atoms with van der Waals surface area (Å²) >= 11 is 0. The number of hydrogen-bond donors (Lipinski definition) is 1. The van der Waals surface area contributed by atoms with Crippen LogP contribution in [0.25, 0.3) is 6.08 Å². The number of hydrogen-bond acceptors (Lipinski definition) is 4. The number of nitrogens with one attached hydrogen (secondary N) is 1. The molecule has 0 atom stereocenters. The van der Waals surface area contributed by atoms with Gasteiger partial charge in [-0.05, 0) is 31.2 Å². The number of carbonyl (C=O) groups excluding carboxylic acids is 1. The quantitative estimate of drug-likeness (QED) is 0.405. The van der Waals surface area contributed by atoms with Crippen LogP contribution in [0.1, 0.15) is 11.1 Å². The highest BCUT2D eigenvalue weighted by atomic mass is 16.6. The van der Waals surface area contributed by atoms with Gasteiger partial charge < -0.3 is 5.32 Å². The molecule has 0 aromatic heterocycles. The molecule has 0 spiro atoms. The fraction of sp³-hybridized carbons (Fsp3) is 0.0588. The van der Waals surface area contributed by atoms with Gasteiger partial charge in [0.1, 0.15) is 11.6 Å². The van der Waals surface area contributed by atoms with E-state index >= 15 is 0 Å². The predicted molar refractivity (Wildman–Crippen MR) is 86.5 cm³/mol. The molecule has 0 saturated heterocycles. The zero-order valence-corrected chi connectivity index (χ0v) is 12.3. The molecule has 0 unspecified atom stereocenters. The minimum atomic E-state index is -0.616. The van der Waals surface area contributed by atoms with Crippen molar-refractivity contribution in [2.24, 2.45) is 0 Å². The van der Waals surface area contributed by atoms with Crippen molar-refractivity contribution in [3.63, 3.8) is 0 Å². The molecule has 6 nitrogen and oxygen atoms in total. The first-order valence-electron chi connectivity index (χ1n) is 6.74. The maximum atomic E-state index is 12.1. The second-order valence-corrected chi connectivity index (χ2v) is 4.81. The summed E-state index contributed by atoms with van der Waals surface area (Å²) in [7, 11) is 0. The summed E-state index contributed by atoms with van der Waals surface area (Å²) in [5.74, 6) is -0.616. The lowest BCUT2D eigenvalue weighted by molar-refractivity contribution is -0.385. The van der Waals surface area contributed by atoms with Crippen LogP contribution < -0.4 is 5.32 Å². The smallest absolute Gasteiger partial charge is 0.276 e. The standard InChI is InChI=1S/C17H13N3O3/c1-12-6-8-15(9-7-12)19-17(21)14(11-18)10-13-4-2-3-5-16(13)20(22)23/h2-10H,1H3,(H,19,21)/b14-10-. The van der Waals surface area contributed by atoms with Crippen molar-refractivity contribution in [3.05, 3.63) is 75.3 Å². The van der Waals surface area contributed by atoms with Gasteiger partial charge in [-0.15, -0.1) is 0 Å². The fourth-order valence-electron chi connectivity index (χ4n) is 1.92. The first-order chi connectivity index (χ1) is 11.0. The van der Waals surface area contributed by atoms with Crippen molar-refractivity contribution in [1.29, 1.82) is 5.26 Å². The Morgan fingerprint density at radius 1 is 1.22 bits per heavy atom. The molecule has 2 rings (SSSR count). The molecule has 2 aromatic carbocycles. The van der Waals surface area contributed by atoms with Gasteiger partial charge in [0, 0.05) is 11.8 Å². The summed E-state index contributed by atoms with van der Waals surface area (Å²) in [6, 6.07) is 14.8. The number of anilines is 1. The van der Waals surface area contributed by atoms with Gasteiger partial charge in [-0.1, -0.05) is 29.8 Å². The minimum Gasteiger partial charge on any atom is -0.321 e. The lowest BCUT2D eigenvalue weighted by atomic mass is 10.1. The van der Waals surface area contributed by atoms with Gasteiger partial charge in [0.15, 0.2) is 0 Å². The number of nitrogens with zero attached hydrogens (tertiary/aromatic N) is 2. The molecule has 6 heteroatoms. The number of nitro groups is 1. The van der Waals surface area contributed by atoms with Crippen LogP contribution in [-0.4, -0.2) is 10.8 Å². The molecule has 0 heterocycles. The van der Waals surface area contributed by atoms with Crippen molar-refractivity contribution >= 4 is 23.4 Å². The molecule has 114 valence electrons. The van der Waals surface area contributed by atoms with E-state index in [0.717, 1.165) is 5.56 Å². The highest BCUT2D eigenvalue weighted by molar-refractivity contribution is 6.09. The molecule has 0 fully saturated rings. The SMILES string of the molecule is Cc1ccc(NC(=O)/C(C#N)=C\c2ccccc2[N+](=O)[O-])cc1. The van der Waals surface area contributed by atoms with E-state index in [9.17, 15) is 14.9 Å². The number of nitriles is 1. The third-order valence-electron chi connectivity index (χ3n) is 3.11. The zero-order valence-electron chi connectivity index (χ0n) is 12.3. The number of para-hydroxylation sites is 1. The Balaban J connectivity index is 2.29. The molecular formula is C17H13N3O3. The molecule has 0 bridgehead atoms. The highest BCUT2D eigenvalue weighted by Gasteiger charge is 2.15.